The highest BCUT2D eigenvalue weighted by Gasteiger charge is 2.37. The maximum absolute atomic E-state index is 6.65. The highest BCUT2D eigenvalue weighted by molar-refractivity contribution is 6.06. The van der Waals surface area contributed by atoms with Gasteiger partial charge in [0.2, 0.25) is 0 Å². The molecule has 0 spiro atoms. The van der Waals surface area contributed by atoms with Gasteiger partial charge in [0.15, 0.2) is 17.5 Å². The number of hydrogen-bond acceptors (Lipinski definition) is 5. The van der Waals surface area contributed by atoms with E-state index in [9.17, 15) is 0 Å². The summed E-state index contributed by atoms with van der Waals surface area (Å²) in [7, 11) is 0. The van der Waals surface area contributed by atoms with Crippen molar-refractivity contribution in [2.45, 2.75) is 12.0 Å². The van der Waals surface area contributed by atoms with Gasteiger partial charge in [-0.25, -0.2) is 15.0 Å². The van der Waals surface area contributed by atoms with Crippen molar-refractivity contribution in [1.82, 2.24) is 15.0 Å². The number of furan rings is 1. The second-order valence-electron chi connectivity index (χ2n) is 11.1. The monoisotopic (exact) mass is 567 g/mol. The maximum atomic E-state index is 6.65. The van der Waals surface area contributed by atoms with Crippen molar-refractivity contribution in [3.8, 4) is 51.0 Å². The van der Waals surface area contributed by atoms with E-state index < -0.39 is 0 Å². The molecule has 44 heavy (non-hydrogen) atoms. The molecule has 208 valence electrons. The van der Waals surface area contributed by atoms with E-state index in [0.29, 0.717) is 17.5 Å². The molecular weight excluding hydrogens is 542 g/mol. The molecule has 0 N–H and O–H groups in total. The summed E-state index contributed by atoms with van der Waals surface area (Å²) in [6, 6.07) is 39.0. The standard InChI is InChI=1S/C39H25N3O2/c1-3-11-24(12-4-1)27-20-21-30(35-29-16-8-10-18-33(29)44-36(27)35)39-41-37(25-13-5-2-6-14-25)40-38(42-39)26-19-22-34-31(23-26)28-15-7-9-17-32(28)43-34/h1-23,29,33H. The Balaban J connectivity index is 1.28. The number of hydrogen-bond donors (Lipinski definition) is 0. The lowest BCUT2D eigenvalue weighted by atomic mass is 9.86. The zero-order chi connectivity index (χ0) is 29.0. The minimum atomic E-state index is -0.0784. The normalized spacial score (nSPS) is 16.6. The van der Waals surface area contributed by atoms with Gasteiger partial charge >= 0.3 is 0 Å². The molecule has 2 aliphatic rings. The van der Waals surface area contributed by atoms with Crippen molar-refractivity contribution in [2.24, 2.45) is 0 Å². The Kier molecular flexibility index (Phi) is 5.56. The molecule has 1 aliphatic heterocycles. The lowest BCUT2D eigenvalue weighted by molar-refractivity contribution is 0.270. The number of allylic oxidation sites excluding steroid dienone is 2. The SMILES string of the molecule is C1=CC2Oc3c(-c4ccccc4)ccc(-c4nc(-c5ccccc5)nc(-c5ccc6oc7ccccc7c6c5)n4)c3C2C=C1. The van der Waals surface area contributed by atoms with Crippen molar-refractivity contribution in [2.75, 3.05) is 0 Å². The molecule has 5 aromatic carbocycles. The van der Waals surface area contributed by atoms with Crippen molar-refractivity contribution < 1.29 is 9.15 Å². The molecule has 0 saturated heterocycles. The first kappa shape index (κ1) is 24.8. The summed E-state index contributed by atoms with van der Waals surface area (Å²) in [6.45, 7) is 0. The van der Waals surface area contributed by atoms with Gasteiger partial charge in [0.1, 0.15) is 23.0 Å². The molecule has 0 bridgehead atoms. The summed E-state index contributed by atoms with van der Waals surface area (Å²) < 4.78 is 12.7. The van der Waals surface area contributed by atoms with Gasteiger partial charge in [-0.3, -0.25) is 0 Å². The van der Waals surface area contributed by atoms with Crippen molar-refractivity contribution in [1.29, 1.82) is 0 Å². The predicted molar refractivity (Wildman–Crippen MR) is 174 cm³/mol. The second kappa shape index (κ2) is 9.89. The Bertz CT molecular complexity index is 2270. The summed E-state index contributed by atoms with van der Waals surface area (Å²) in [6.07, 6.45) is 8.41. The minimum absolute atomic E-state index is 0.0581. The fourth-order valence-electron chi connectivity index (χ4n) is 6.40. The van der Waals surface area contributed by atoms with Crippen LogP contribution in [0.2, 0.25) is 0 Å². The van der Waals surface area contributed by atoms with Gasteiger partial charge in [-0.15, -0.1) is 0 Å². The van der Waals surface area contributed by atoms with E-state index in [1.807, 2.05) is 66.7 Å². The molecule has 2 unspecified atom stereocenters. The quantitative estimate of drug-likeness (QED) is 0.212. The topological polar surface area (TPSA) is 61.0 Å². The average Bonchev–Trinajstić information content (AvgIpc) is 3.67. The van der Waals surface area contributed by atoms with Gasteiger partial charge in [0.25, 0.3) is 0 Å². The zero-order valence-corrected chi connectivity index (χ0v) is 23.6. The van der Waals surface area contributed by atoms with E-state index in [1.165, 1.54) is 0 Å². The smallest absolute Gasteiger partial charge is 0.164 e. The molecule has 7 aromatic rings. The van der Waals surface area contributed by atoms with Crippen LogP contribution in [-0.4, -0.2) is 21.1 Å². The van der Waals surface area contributed by atoms with Crippen LogP contribution in [0, 0.1) is 0 Å². The summed E-state index contributed by atoms with van der Waals surface area (Å²) in [5, 5.41) is 2.10. The molecule has 2 atom stereocenters. The molecule has 9 rings (SSSR count). The van der Waals surface area contributed by atoms with E-state index in [4.69, 9.17) is 24.1 Å². The van der Waals surface area contributed by atoms with Crippen LogP contribution in [0.15, 0.2) is 144 Å². The third kappa shape index (κ3) is 3.97. The minimum Gasteiger partial charge on any atom is -0.484 e. The molecule has 3 heterocycles. The highest BCUT2D eigenvalue weighted by atomic mass is 16.5. The maximum Gasteiger partial charge on any atom is 0.164 e. The summed E-state index contributed by atoms with van der Waals surface area (Å²) >= 11 is 0. The number of para-hydroxylation sites is 1. The van der Waals surface area contributed by atoms with Gasteiger partial charge in [-0.1, -0.05) is 97.1 Å². The van der Waals surface area contributed by atoms with Gasteiger partial charge < -0.3 is 9.15 Å². The molecule has 2 aromatic heterocycles. The van der Waals surface area contributed by atoms with Crippen LogP contribution in [0.1, 0.15) is 11.5 Å². The molecule has 0 amide bonds. The van der Waals surface area contributed by atoms with Crippen molar-refractivity contribution >= 4 is 21.9 Å². The Morgan fingerprint density at radius 3 is 2.00 bits per heavy atom. The Hall–Kier alpha value is -5.81. The molecular formula is C39H25N3O2. The van der Waals surface area contributed by atoms with Crippen molar-refractivity contribution in [3.05, 3.63) is 145 Å². The Labute approximate surface area is 253 Å². The summed E-state index contributed by atoms with van der Waals surface area (Å²) in [5.41, 5.74) is 7.75. The number of aromatic nitrogens is 3. The van der Waals surface area contributed by atoms with E-state index >= 15 is 0 Å². The molecule has 1 aliphatic carbocycles. The highest BCUT2D eigenvalue weighted by Crippen LogP contribution is 2.50. The first-order chi connectivity index (χ1) is 21.8. The van der Waals surface area contributed by atoms with Gasteiger partial charge in [0, 0.05) is 44.5 Å². The molecule has 5 nitrogen and oxygen atoms in total. The van der Waals surface area contributed by atoms with Gasteiger partial charge in [-0.05, 0) is 48.0 Å². The molecule has 0 fully saturated rings. The van der Waals surface area contributed by atoms with Crippen LogP contribution in [0.3, 0.4) is 0 Å². The van der Waals surface area contributed by atoms with E-state index in [2.05, 4.69) is 72.8 Å². The van der Waals surface area contributed by atoms with Crippen LogP contribution in [0.4, 0.5) is 0 Å². The van der Waals surface area contributed by atoms with Gasteiger partial charge in [0.05, 0.1) is 0 Å². The van der Waals surface area contributed by atoms with E-state index in [1.54, 1.807) is 0 Å². The van der Waals surface area contributed by atoms with Crippen LogP contribution in [0.5, 0.6) is 5.75 Å². The zero-order valence-electron chi connectivity index (χ0n) is 23.6. The lowest BCUT2D eigenvalue weighted by Gasteiger charge is -2.16. The third-order valence-corrected chi connectivity index (χ3v) is 8.50. The van der Waals surface area contributed by atoms with E-state index in [0.717, 1.165) is 61.1 Å². The number of nitrogens with zero attached hydrogens (tertiary/aromatic N) is 3. The number of rotatable bonds is 4. The Morgan fingerprint density at radius 1 is 0.500 bits per heavy atom. The van der Waals surface area contributed by atoms with Crippen molar-refractivity contribution in [3.63, 3.8) is 0 Å². The van der Waals surface area contributed by atoms with Gasteiger partial charge in [-0.2, -0.15) is 0 Å². The largest absolute Gasteiger partial charge is 0.484 e. The number of ether oxygens (including phenoxy) is 1. The number of benzene rings is 5. The number of fused-ring (bicyclic) bond motifs is 6. The second-order valence-corrected chi connectivity index (χ2v) is 11.1. The first-order valence-corrected chi connectivity index (χ1v) is 14.8. The van der Waals surface area contributed by atoms with Crippen LogP contribution < -0.4 is 4.74 Å². The third-order valence-electron chi connectivity index (χ3n) is 8.50. The van der Waals surface area contributed by atoms with Crippen LogP contribution in [0.25, 0.3) is 67.2 Å². The Morgan fingerprint density at radius 2 is 1.16 bits per heavy atom. The fourth-order valence-corrected chi connectivity index (χ4v) is 6.40. The fraction of sp³-hybridized carbons (Fsp3) is 0.0513. The predicted octanol–water partition coefficient (Wildman–Crippen LogP) is 9.41. The molecule has 0 radical (unpaired) electrons. The summed E-state index contributed by atoms with van der Waals surface area (Å²) in [5.74, 6) is 2.79. The molecule has 5 heteroatoms. The molecule has 0 saturated carbocycles. The van der Waals surface area contributed by atoms with Crippen LogP contribution >= 0.6 is 0 Å². The first-order valence-electron chi connectivity index (χ1n) is 14.8. The average molecular weight is 568 g/mol. The van der Waals surface area contributed by atoms with Crippen LogP contribution in [-0.2, 0) is 0 Å². The lowest BCUT2D eigenvalue weighted by Crippen LogP contribution is -2.16. The van der Waals surface area contributed by atoms with E-state index in [-0.39, 0.29) is 12.0 Å². The summed E-state index contributed by atoms with van der Waals surface area (Å²) in [4.78, 5) is 15.2.